The number of guanidine groups is 1. The van der Waals surface area contributed by atoms with E-state index in [4.69, 9.17) is 0 Å². The molecule has 0 saturated heterocycles. The number of H-pyrrole nitrogens is 1. The van der Waals surface area contributed by atoms with Crippen LogP contribution < -0.4 is 15.4 Å². The van der Waals surface area contributed by atoms with Crippen molar-refractivity contribution in [1.82, 2.24) is 20.3 Å². The number of para-hydroxylation sites is 1. The van der Waals surface area contributed by atoms with Crippen molar-refractivity contribution >= 4 is 50.9 Å². The molecule has 0 unspecified atom stereocenters. The van der Waals surface area contributed by atoms with Gasteiger partial charge in [-0.25, -0.2) is 13.1 Å². The number of rotatable bonds is 7. The van der Waals surface area contributed by atoms with Crippen molar-refractivity contribution in [2.75, 3.05) is 32.9 Å². The van der Waals surface area contributed by atoms with Gasteiger partial charge in [0.1, 0.15) is 0 Å². The normalized spacial score (nSPS) is 12.0. The third-order valence-corrected chi connectivity index (χ3v) is 4.43. The van der Waals surface area contributed by atoms with E-state index in [-0.39, 0.29) is 24.0 Å². The van der Waals surface area contributed by atoms with Crippen LogP contribution >= 0.6 is 24.0 Å². The van der Waals surface area contributed by atoms with Crippen molar-refractivity contribution in [3.63, 3.8) is 0 Å². The second-order valence-electron chi connectivity index (χ2n) is 5.62. The number of aryl methyl sites for hydroxylation is 1. The number of aromatic amines is 1. The number of hydrogen-bond acceptors (Lipinski definition) is 3. The maximum Gasteiger partial charge on any atom is 0.208 e. The molecule has 2 rings (SSSR count). The fraction of sp³-hybridized carbons (Fsp3) is 0.438. The van der Waals surface area contributed by atoms with Gasteiger partial charge in [-0.1, -0.05) is 18.2 Å². The van der Waals surface area contributed by atoms with E-state index in [0.29, 0.717) is 19.0 Å². The van der Waals surface area contributed by atoms with E-state index < -0.39 is 10.0 Å². The molecule has 0 saturated carbocycles. The van der Waals surface area contributed by atoms with E-state index in [2.05, 4.69) is 44.4 Å². The van der Waals surface area contributed by atoms with Crippen LogP contribution in [0.25, 0.3) is 10.9 Å². The zero-order valence-corrected chi connectivity index (χ0v) is 17.9. The van der Waals surface area contributed by atoms with E-state index in [9.17, 15) is 8.42 Å². The average Bonchev–Trinajstić information content (AvgIpc) is 2.84. The molecule has 0 radical (unpaired) electrons. The Labute approximate surface area is 166 Å². The molecule has 4 N–H and O–H groups in total. The minimum Gasteiger partial charge on any atom is -0.358 e. The summed E-state index contributed by atoms with van der Waals surface area (Å²) in [4.78, 5) is 7.53. The summed E-state index contributed by atoms with van der Waals surface area (Å²) in [5.74, 6) is 0.655. The zero-order valence-electron chi connectivity index (χ0n) is 14.7. The topological polar surface area (TPSA) is 98.4 Å². The number of nitrogens with one attached hydrogen (secondary N) is 4. The summed E-state index contributed by atoms with van der Waals surface area (Å²) in [7, 11) is -1.46. The monoisotopic (exact) mass is 479 g/mol. The highest BCUT2D eigenvalue weighted by molar-refractivity contribution is 14.0. The van der Waals surface area contributed by atoms with Crippen LogP contribution in [-0.2, 0) is 16.4 Å². The van der Waals surface area contributed by atoms with Crippen molar-refractivity contribution in [3.8, 4) is 0 Å². The number of fused-ring (bicyclic) bond motifs is 1. The first-order valence-corrected chi connectivity index (χ1v) is 9.75. The summed E-state index contributed by atoms with van der Waals surface area (Å²) in [6.07, 6.45) is 2.02. The highest BCUT2D eigenvalue weighted by Crippen LogP contribution is 2.21. The Hall–Kier alpha value is -1.33. The summed E-state index contributed by atoms with van der Waals surface area (Å²) in [6.45, 7) is 3.61. The van der Waals surface area contributed by atoms with E-state index in [1.807, 2.05) is 12.1 Å². The predicted octanol–water partition coefficient (Wildman–Crippen LogP) is 1.35. The standard InChI is InChI=1S/C16H25N5O2S.HI/c1-12-13(14-6-4-5-7-15(14)21-12)8-9-18-16(17-2)19-10-11-20-24(3,22)23;/h4-7,20-21H,8-11H2,1-3H3,(H2,17,18,19);1H. The minimum absolute atomic E-state index is 0. The fourth-order valence-corrected chi connectivity index (χ4v) is 3.07. The summed E-state index contributed by atoms with van der Waals surface area (Å²) in [5, 5.41) is 7.57. The molecule has 0 atom stereocenters. The molecule has 140 valence electrons. The van der Waals surface area contributed by atoms with Gasteiger partial charge in [-0.3, -0.25) is 4.99 Å². The lowest BCUT2D eigenvalue weighted by Gasteiger charge is -2.12. The third kappa shape index (κ3) is 6.83. The lowest BCUT2D eigenvalue weighted by atomic mass is 10.1. The molecule has 0 aliphatic rings. The van der Waals surface area contributed by atoms with Gasteiger partial charge in [0.25, 0.3) is 0 Å². The molecule has 0 aliphatic heterocycles. The quantitative estimate of drug-likeness (QED) is 0.209. The molecule has 1 aromatic heterocycles. The molecule has 9 heteroatoms. The first-order valence-electron chi connectivity index (χ1n) is 7.86. The second-order valence-corrected chi connectivity index (χ2v) is 7.45. The molecule has 0 aliphatic carbocycles. The second kappa shape index (κ2) is 9.97. The van der Waals surface area contributed by atoms with Gasteiger partial charge in [0.15, 0.2) is 5.96 Å². The van der Waals surface area contributed by atoms with Crippen LogP contribution in [0.2, 0.25) is 0 Å². The van der Waals surface area contributed by atoms with Crippen molar-refractivity contribution in [3.05, 3.63) is 35.5 Å². The van der Waals surface area contributed by atoms with E-state index in [1.165, 1.54) is 16.6 Å². The van der Waals surface area contributed by atoms with E-state index in [0.717, 1.165) is 24.7 Å². The van der Waals surface area contributed by atoms with Gasteiger partial charge in [-0.2, -0.15) is 0 Å². The smallest absolute Gasteiger partial charge is 0.208 e. The molecule has 0 spiro atoms. The summed E-state index contributed by atoms with van der Waals surface area (Å²) < 4.78 is 24.4. The van der Waals surface area contributed by atoms with Gasteiger partial charge in [0, 0.05) is 43.3 Å². The number of halogens is 1. The fourth-order valence-electron chi connectivity index (χ4n) is 2.60. The Morgan fingerprint density at radius 2 is 1.84 bits per heavy atom. The van der Waals surface area contributed by atoms with Crippen LogP contribution in [0.3, 0.4) is 0 Å². The van der Waals surface area contributed by atoms with Crippen LogP contribution in [0.1, 0.15) is 11.3 Å². The molecule has 2 aromatic rings. The molecule has 25 heavy (non-hydrogen) atoms. The summed E-state index contributed by atoms with van der Waals surface area (Å²) in [6, 6.07) is 8.27. The van der Waals surface area contributed by atoms with Gasteiger partial charge >= 0.3 is 0 Å². The third-order valence-electron chi connectivity index (χ3n) is 3.70. The van der Waals surface area contributed by atoms with Gasteiger partial charge in [0.2, 0.25) is 10.0 Å². The first kappa shape index (κ1) is 21.7. The highest BCUT2D eigenvalue weighted by atomic mass is 127. The SMILES string of the molecule is CN=C(NCCNS(C)(=O)=O)NCCc1c(C)[nH]c2ccccc12.I. The molecule has 0 amide bonds. The zero-order chi connectivity index (χ0) is 17.6. The maximum atomic E-state index is 11.0. The first-order chi connectivity index (χ1) is 11.4. The number of hydrogen-bond donors (Lipinski definition) is 4. The van der Waals surface area contributed by atoms with Gasteiger partial charge in [-0.15, -0.1) is 24.0 Å². The minimum atomic E-state index is -3.15. The Bertz CT molecular complexity index is 817. The molecule has 7 nitrogen and oxygen atoms in total. The van der Waals surface area contributed by atoms with Crippen molar-refractivity contribution < 1.29 is 8.42 Å². The largest absolute Gasteiger partial charge is 0.358 e. The van der Waals surface area contributed by atoms with Crippen LogP contribution in [-0.4, -0.2) is 52.3 Å². The summed E-state index contributed by atoms with van der Waals surface area (Å²) in [5.41, 5.74) is 3.63. The highest BCUT2D eigenvalue weighted by Gasteiger charge is 2.07. The Kier molecular flexibility index (Phi) is 8.66. The average molecular weight is 479 g/mol. The lowest BCUT2D eigenvalue weighted by molar-refractivity contribution is 0.586. The van der Waals surface area contributed by atoms with E-state index >= 15 is 0 Å². The molecule has 1 heterocycles. The number of aliphatic imine (C=N–C) groups is 1. The molecular weight excluding hydrogens is 453 g/mol. The Morgan fingerprint density at radius 1 is 1.16 bits per heavy atom. The predicted molar refractivity (Wildman–Crippen MR) is 114 cm³/mol. The molecule has 0 fully saturated rings. The molecular formula is C16H26IN5O2S. The van der Waals surface area contributed by atoms with Crippen LogP contribution in [0.5, 0.6) is 0 Å². The Balaban J connectivity index is 0.00000312. The van der Waals surface area contributed by atoms with Crippen molar-refractivity contribution in [1.29, 1.82) is 0 Å². The van der Waals surface area contributed by atoms with Crippen molar-refractivity contribution in [2.45, 2.75) is 13.3 Å². The number of benzene rings is 1. The van der Waals surface area contributed by atoms with E-state index in [1.54, 1.807) is 7.05 Å². The lowest BCUT2D eigenvalue weighted by Crippen LogP contribution is -2.42. The van der Waals surface area contributed by atoms with Gasteiger partial charge < -0.3 is 15.6 Å². The van der Waals surface area contributed by atoms with Crippen molar-refractivity contribution in [2.24, 2.45) is 4.99 Å². The number of aromatic nitrogens is 1. The Morgan fingerprint density at radius 3 is 2.52 bits per heavy atom. The van der Waals surface area contributed by atoms with Gasteiger partial charge in [0.05, 0.1) is 6.26 Å². The number of sulfonamides is 1. The molecule has 0 bridgehead atoms. The maximum absolute atomic E-state index is 11.0. The van der Waals surface area contributed by atoms with Crippen LogP contribution in [0.15, 0.2) is 29.3 Å². The van der Waals surface area contributed by atoms with Gasteiger partial charge in [-0.05, 0) is 25.0 Å². The molecule has 1 aromatic carbocycles. The number of nitrogens with zero attached hydrogens (tertiary/aromatic N) is 1. The summed E-state index contributed by atoms with van der Waals surface area (Å²) >= 11 is 0. The van der Waals surface area contributed by atoms with Crippen LogP contribution in [0, 0.1) is 6.92 Å². The van der Waals surface area contributed by atoms with Crippen LogP contribution in [0.4, 0.5) is 0 Å².